The zero-order chi connectivity index (χ0) is 19.4. The van der Waals surface area contributed by atoms with Crippen LogP contribution in [0.4, 0.5) is 18.9 Å². The second-order valence-corrected chi connectivity index (χ2v) is 5.82. The summed E-state index contributed by atoms with van der Waals surface area (Å²) < 4.78 is 42.0. The number of halogens is 3. The number of rotatable bonds is 5. The van der Waals surface area contributed by atoms with Gasteiger partial charge < -0.3 is 9.88 Å². The first-order valence-electron chi connectivity index (χ1n) is 8.03. The van der Waals surface area contributed by atoms with Crippen LogP contribution < -0.4 is 5.32 Å². The van der Waals surface area contributed by atoms with Gasteiger partial charge in [-0.05, 0) is 50.1 Å². The first-order chi connectivity index (χ1) is 12.3. The molecule has 1 N–H and O–H groups in total. The molecule has 2 aromatic rings. The average Bonchev–Trinajstić information content (AvgIpc) is 2.87. The van der Waals surface area contributed by atoms with Gasteiger partial charge in [-0.3, -0.25) is 4.79 Å². The summed E-state index contributed by atoms with van der Waals surface area (Å²) >= 11 is 0. The lowest BCUT2D eigenvalue weighted by molar-refractivity contribution is -0.112. The fraction of sp³-hybridized carbons (Fsp3) is 0.263. The lowest BCUT2D eigenvalue weighted by Crippen LogP contribution is -2.15. The summed E-state index contributed by atoms with van der Waals surface area (Å²) in [6.45, 7) is 6.64. The molecule has 0 aliphatic carbocycles. The number of aromatic nitrogens is 1. The minimum absolute atomic E-state index is 0.272. The van der Waals surface area contributed by atoms with E-state index in [2.05, 4.69) is 9.88 Å². The molecule has 0 radical (unpaired) electrons. The molecule has 0 unspecified atom stereocenters. The number of nitriles is 1. The predicted molar refractivity (Wildman–Crippen MR) is 92.7 cm³/mol. The second-order valence-electron chi connectivity index (χ2n) is 5.82. The fourth-order valence-electron chi connectivity index (χ4n) is 2.66. The van der Waals surface area contributed by atoms with Gasteiger partial charge >= 0.3 is 0 Å². The molecular weight excluding hydrogens is 343 g/mol. The molecule has 1 aromatic heterocycles. The van der Waals surface area contributed by atoms with Crippen LogP contribution in [0.5, 0.6) is 0 Å². The third-order valence-corrected chi connectivity index (χ3v) is 4.01. The second kappa shape index (κ2) is 7.91. The number of nitrogens with zero attached hydrogens (tertiary/aromatic N) is 2. The summed E-state index contributed by atoms with van der Waals surface area (Å²) in [4.78, 5) is 12.2. The van der Waals surface area contributed by atoms with Gasteiger partial charge in [-0.1, -0.05) is 6.92 Å². The number of benzene rings is 1. The molecule has 0 fully saturated rings. The van der Waals surface area contributed by atoms with Gasteiger partial charge in [-0.15, -0.1) is 0 Å². The summed E-state index contributed by atoms with van der Waals surface area (Å²) in [6, 6.07) is 5.19. The van der Waals surface area contributed by atoms with Crippen molar-refractivity contribution >= 4 is 17.7 Å². The Labute approximate surface area is 149 Å². The van der Waals surface area contributed by atoms with Crippen LogP contribution in [-0.2, 0) is 11.3 Å². The Morgan fingerprint density at radius 1 is 1.27 bits per heavy atom. The van der Waals surface area contributed by atoms with Gasteiger partial charge in [0.25, 0.3) is 5.91 Å². The molecule has 136 valence electrons. The van der Waals surface area contributed by atoms with Crippen molar-refractivity contribution < 1.29 is 18.0 Å². The highest BCUT2D eigenvalue weighted by Gasteiger charge is 2.18. The SMILES string of the molecule is CCCn1c(C)cc(/C=C(\C#N)C(=O)Nc2ccc(F)c(F)c2F)c1C. The van der Waals surface area contributed by atoms with Gasteiger partial charge in [0, 0.05) is 17.9 Å². The molecule has 0 saturated heterocycles. The van der Waals surface area contributed by atoms with Crippen LogP contribution in [0, 0.1) is 42.6 Å². The first-order valence-corrected chi connectivity index (χ1v) is 8.03. The maximum absolute atomic E-state index is 13.7. The standard InChI is InChI=1S/C19H18F3N3O/c1-4-7-25-11(2)8-13(12(25)3)9-14(10-23)19(26)24-16-6-5-15(20)17(21)18(16)22/h5-6,8-9H,4,7H2,1-3H3,(H,24,26)/b14-9+. The highest BCUT2D eigenvalue weighted by molar-refractivity contribution is 6.09. The van der Waals surface area contributed by atoms with E-state index in [-0.39, 0.29) is 5.57 Å². The number of nitrogens with one attached hydrogen (secondary N) is 1. The Morgan fingerprint density at radius 3 is 2.58 bits per heavy atom. The fourth-order valence-corrected chi connectivity index (χ4v) is 2.66. The maximum atomic E-state index is 13.7. The minimum atomic E-state index is -1.69. The molecule has 0 spiro atoms. The van der Waals surface area contributed by atoms with Crippen LogP contribution in [0.1, 0.15) is 30.3 Å². The first kappa shape index (κ1) is 19.3. The summed E-state index contributed by atoms with van der Waals surface area (Å²) in [6.07, 6.45) is 2.32. The molecule has 0 saturated carbocycles. The lowest BCUT2D eigenvalue weighted by atomic mass is 10.1. The molecule has 1 heterocycles. The summed E-state index contributed by atoms with van der Waals surface area (Å²) in [5.41, 5.74) is 1.76. The Hall–Kier alpha value is -3.01. The Balaban J connectivity index is 2.33. The molecule has 0 aliphatic rings. The van der Waals surface area contributed by atoms with Gasteiger partial charge in [0.1, 0.15) is 11.6 Å². The summed E-state index contributed by atoms with van der Waals surface area (Å²) in [5, 5.41) is 11.4. The number of hydrogen-bond acceptors (Lipinski definition) is 2. The van der Waals surface area contributed by atoms with Crippen molar-refractivity contribution in [3.8, 4) is 6.07 Å². The number of anilines is 1. The molecule has 0 bridgehead atoms. The molecule has 0 atom stereocenters. The van der Waals surface area contributed by atoms with E-state index in [4.69, 9.17) is 0 Å². The number of hydrogen-bond donors (Lipinski definition) is 1. The molecule has 7 heteroatoms. The number of carbonyl (C=O) groups is 1. The van der Waals surface area contributed by atoms with E-state index in [1.54, 1.807) is 6.07 Å². The van der Waals surface area contributed by atoms with E-state index < -0.39 is 29.0 Å². The van der Waals surface area contributed by atoms with Crippen molar-refractivity contribution in [2.45, 2.75) is 33.7 Å². The van der Waals surface area contributed by atoms with Crippen LogP contribution in [0.15, 0.2) is 23.8 Å². The van der Waals surface area contributed by atoms with Gasteiger partial charge in [-0.2, -0.15) is 5.26 Å². The monoisotopic (exact) mass is 361 g/mol. The van der Waals surface area contributed by atoms with E-state index >= 15 is 0 Å². The van der Waals surface area contributed by atoms with Crippen molar-refractivity contribution in [2.24, 2.45) is 0 Å². The quantitative estimate of drug-likeness (QED) is 0.485. The van der Waals surface area contributed by atoms with E-state index in [1.165, 1.54) is 6.08 Å². The summed E-state index contributed by atoms with van der Waals surface area (Å²) in [5.74, 6) is -5.47. The molecule has 1 amide bonds. The Bertz CT molecular complexity index is 923. The van der Waals surface area contributed by atoms with E-state index in [0.29, 0.717) is 11.6 Å². The zero-order valence-corrected chi connectivity index (χ0v) is 14.7. The largest absolute Gasteiger partial charge is 0.349 e. The van der Waals surface area contributed by atoms with Crippen molar-refractivity contribution in [1.29, 1.82) is 5.26 Å². The number of aryl methyl sites for hydroxylation is 1. The van der Waals surface area contributed by atoms with Gasteiger partial charge in [0.15, 0.2) is 17.5 Å². The van der Waals surface area contributed by atoms with Gasteiger partial charge in [0.2, 0.25) is 0 Å². The topological polar surface area (TPSA) is 57.8 Å². The van der Waals surface area contributed by atoms with Crippen LogP contribution in [0.25, 0.3) is 6.08 Å². The predicted octanol–water partition coefficient (Wildman–Crippen LogP) is 4.48. The highest BCUT2D eigenvalue weighted by Crippen LogP contribution is 2.22. The number of amides is 1. The normalized spacial score (nSPS) is 11.3. The molecule has 2 rings (SSSR count). The third kappa shape index (κ3) is 3.80. The molecule has 1 aromatic carbocycles. The average molecular weight is 361 g/mol. The van der Waals surface area contributed by atoms with Gasteiger partial charge in [-0.25, -0.2) is 13.2 Å². The van der Waals surface area contributed by atoms with Crippen molar-refractivity contribution in [3.63, 3.8) is 0 Å². The molecule has 26 heavy (non-hydrogen) atoms. The lowest BCUT2D eigenvalue weighted by Gasteiger charge is -2.08. The minimum Gasteiger partial charge on any atom is -0.349 e. The van der Waals surface area contributed by atoms with Crippen LogP contribution in [0.2, 0.25) is 0 Å². The van der Waals surface area contributed by atoms with Crippen LogP contribution in [-0.4, -0.2) is 10.5 Å². The van der Waals surface area contributed by atoms with E-state index in [1.807, 2.05) is 26.8 Å². The molecule has 0 aliphatic heterocycles. The Morgan fingerprint density at radius 2 is 1.96 bits per heavy atom. The Kier molecular flexibility index (Phi) is 5.88. The van der Waals surface area contributed by atoms with Crippen LogP contribution >= 0.6 is 0 Å². The van der Waals surface area contributed by atoms with Gasteiger partial charge in [0.05, 0.1) is 5.69 Å². The number of carbonyl (C=O) groups excluding carboxylic acids is 1. The van der Waals surface area contributed by atoms with E-state index in [9.17, 15) is 23.2 Å². The third-order valence-electron chi connectivity index (χ3n) is 4.01. The van der Waals surface area contributed by atoms with Crippen molar-refractivity contribution in [3.05, 3.63) is 58.2 Å². The zero-order valence-electron chi connectivity index (χ0n) is 14.7. The van der Waals surface area contributed by atoms with Crippen LogP contribution in [0.3, 0.4) is 0 Å². The molecule has 4 nitrogen and oxygen atoms in total. The maximum Gasteiger partial charge on any atom is 0.266 e. The summed E-state index contributed by atoms with van der Waals surface area (Å²) in [7, 11) is 0. The van der Waals surface area contributed by atoms with Crippen molar-refractivity contribution in [2.75, 3.05) is 5.32 Å². The molecular formula is C19H18F3N3O. The van der Waals surface area contributed by atoms with Crippen molar-refractivity contribution in [1.82, 2.24) is 4.57 Å². The highest BCUT2D eigenvalue weighted by atomic mass is 19.2. The smallest absolute Gasteiger partial charge is 0.266 e. The van der Waals surface area contributed by atoms with E-state index in [0.717, 1.165) is 30.4 Å².